The molecule has 2 rings (SSSR count). The van der Waals surface area contributed by atoms with Gasteiger partial charge < -0.3 is 14.9 Å². The molecule has 2 aromatic carbocycles. The van der Waals surface area contributed by atoms with Crippen molar-refractivity contribution in [1.29, 1.82) is 0 Å². The Morgan fingerprint density at radius 3 is 2.44 bits per heavy atom. The summed E-state index contributed by atoms with van der Waals surface area (Å²) in [5.74, 6) is -1.31. The van der Waals surface area contributed by atoms with E-state index in [1.807, 2.05) is 31.2 Å². The molecule has 128 valence electrons. The molecule has 0 aliphatic carbocycles. The van der Waals surface area contributed by atoms with Crippen LogP contribution in [0.1, 0.15) is 33.2 Å². The molecule has 0 bridgehead atoms. The van der Waals surface area contributed by atoms with Crippen molar-refractivity contribution < 1.29 is 24.5 Å². The van der Waals surface area contributed by atoms with Gasteiger partial charge in [-0.05, 0) is 61.4 Å². The topological polar surface area (TPSA) is 83.8 Å². The molecule has 0 heterocycles. The quantitative estimate of drug-likeness (QED) is 0.473. The number of hydrogen-bond acceptors (Lipinski definition) is 4. The minimum atomic E-state index is -1.05. The van der Waals surface area contributed by atoms with E-state index < -0.39 is 11.9 Å². The van der Waals surface area contributed by atoms with Gasteiger partial charge in [0.1, 0.15) is 11.5 Å². The average Bonchev–Trinajstić information content (AvgIpc) is 2.59. The van der Waals surface area contributed by atoms with Gasteiger partial charge in [-0.25, -0.2) is 9.59 Å². The molecule has 0 aliphatic rings. The van der Waals surface area contributed by atoms with Crippen LogP contribution in [0.5, 0.6) is 11.5 Å². The summed E-state index contributed by atoms with van der Waals surface area (Å²) in [7, 11) is 0. The molecule has 2 aromatic rings. The molecule has 0 aromatic heterocycles. The number of esters is 1. The number of benzene rings is 2. The fourth-order valence-corrected chi connectivity index (χ4v) is 2.16. The van der Waals surface area contributed by atoms with Crippen molar-refractivity contribution in [2.24, 2.45) is 0 Å². The highest BCUT2D eigenvalue weighted by molar-refractivity contribution is 5.93. The highest BCUT2D eigenvalue weighted by Gasteiger charge is 2.14. The number of ether oxygens (including phenoxy) is 1. The predicted molar refractivity (Wildman–Crippen MR) is 94.1 cm³/mol. The molecule has 2 N–H and O–H groups in total. The molecule has 0 saturated heterocycles. The van der Waals surface area contributed by atoms with Gasteiger partial charge in [-0.15, -0.1) is 0 Å². The Kier molecular flexibility index (Phi) is 6.12. The number of aromatic hydroxyl groups is 1. The van der Waals surface area contributed by atoms with E-state index in [-0.39, 0.29) is 17.1 Å². The van der Waals surface area contributed by atoms with Crippen LogP contribution in [0.3, 0.4) is 0 Å². The minimum absolute atomic E-state index is 0.0665. The Hall–Kier alpha value is -3.34. The first-order valence-corrected chi connectivity index (χ1v) is 7.66. The zero-order chi connectivity index (χ0) is 18.2. The van der Waals surface area contributed by atoms with E-state index in [1.165, 1.54) is 42.5 Å². The summed E-state index contributed by atoms with van der Waals surface area (Å²) in [6, 6.07) is 10.0. The Bertz CT molecular complexity index is 816. The van der Waals surface area contributed by atoms with Crippen molar-refractivity contribution in [2.75, 3.05) is 0 Å². The number of rotatable bonds is 6. The Labute approximate surface area is 145 Å². The molecule has 0 radical (unpaired) electrons. The SMILES string of the molecule is C/C=C/C=C/Cc1cc(O)ccc1C(=O)Oc1ccc(C(=O)O)cc1. The highest BCUT2D eigenvalue weighted by Crippen LogP contribution is 2.21. The van der Waals surface area contributed by atoms with Gasteiger partial charge in [0, 0.05) is 0 Å². The molecular weight excluding hydrogens is 320 g/mol. The highest BCUT2D eigenvalue weighted by atomic mass is 16.5. The van der Waals surface area contributed by atoms with Crippen molar-refractivity contribution in [3.05, 3.63) is 83.5 Å². The van der Waals surface area contributed by atoms with Crippen LogP contribution in [-0.4, -0.2) is 22.2 Å². The summed E-state index contributed by atoms with van der Waals surface area (Å²) >= 11 is 0. The van der Waals surface area contributed by atoms with Crippen molar-refractivity contribution in [3.63, 3.8) is 0 Å². The zero-order valence-corrected chi connectivity index (χ0v) is 13.7. The first-order chi connectivity index (χ1) is 12.0. The van der Waals surface area contributed by atoms with E-state index >= 15 is 0 Å². The van der Waals surface area contributed by atoms with Crippen molar-refractivity contribution >= 4 is 11.9 Å². The van der Waals surface area contributed by atoms with Crippen LogP contribution in [0, 0.1) is 0 Å². The first-order valence-electron chi connectivity index (χ1n) is 7.66. The van der Waals surface area contributed by atoms with Gasteiger partial charge >= 0.3 is 11.9 Å². The summed E-state index contributed by atoms with van der Waals surface area (Å²) in [5, 5.41) is 18.5. The van der Waals surface area contributed by atoms with Gasteiger partial charge in [-0.2, -0.15) is 0 Å². The molecule has 0 saturated carbocycles. The van der Waals surface area contributed by atoms with Crippen LogP contribution in [-0.2, 0) is 6.42 Å². The van der Waals surface area contributed by atoms with Crippen LogP contribution in [0.4, 0.5) is 0 Å². The van der Waals surface area contributed by atoms with Gasteiger partial charge in [-0.1, -0.05) is 24.3 Å². The lowest BCUT2D eigenvalue weighted by atomic mass is 10.0. The molecule has 0 amide bonds. The second-order valence-electron chi connectivity index (χ2n) is 5.22. The van der Waals surface area contributed by atoms with E-state index in [9.17, 15) is 14.7 Å². The fraction of sp³-hybridized carbons (Fsp3) is 0.100. The van der Waals surface area contributed by atoms with Gasteiger partial charge in [0.25, 0.3) is 0 Å². The Morgan fingerprint density at radius 1 is 1.08 bits per heavy atom. The van der Waals surface area contributed by atoms with E-state index in [4.69, 9.17) is 9.84 Å². The zero-order valence-electron chi connectivity index (χ0n) is 13.7. The van der Waals surface area contributed by atoms with Crippen LogP contribution < -0.4 is 4.74 Å². The predicted octanol–water partition coefficient (Wildman–Crippen LogP) is 3.98. The summed E-state index contributed by atoms with van der Waals surface area (Å²) in [6.07, 6.45) is 7.93. The largest absolute Gasteiger partial charge is 0.508 e. The third-order valence-corrected chi connectivity index (χ3v) is 3.40. The van der Waals surface area contributed by atoms with E-state index in [0.717, 1.165) is 0 Å². The van der Waals surface area contributed by atoms with Crippen LogP contribution in [0.15, 0.2) is 66.8 Å². The third-order valence-electron chi connectivity index (χ3n) is 3.40. The molecule has 0 unspecified atom stereocenters. The standard InChI is InChI=1S/C20H18O5/c1-2-3-4-5-6-15-13-16(21)9-12-18(15)20(24)25-17-10-7-14(8-11-17)19(22)23/h2-5,7-13,21H,6H2,1H3,(H,22,23)/b3-2+,5-4+. The average molecular weight is 338 g/mol. The summed E-state index contributed by atoms with van der Waals surface area (Å²) in [6.45, 7) is 1.90. The number of carbonyl (C=O) groups is 2. The number of hydrogen-bond donors (Lipinski definition) is 2. The number of carboxylic acid groups (broad SMARTS) is 1. The van der Waals surface area contributed by atoms with E-state index in [0.29, 0.717) is 17.5 Å². The maximum atomic E-state index is 12.4. The monoisotopic (exact) mass is 338 g/mol. The van der Waals surface area contributed by atoms with Crippen molar-refractivity contribution in [3.8, 4) is 11.5 Å². The fourth-order valence-electron chi connectivity index (χ4n) is 2.16. The second kappa shape index (κ2) is 8.49. The van der Waals surface area contributed by atoms with Gasteiger partial charge in [-0.3, -0.25) is 0 Å². The Balaban J connectivity index is 2.18. The number of carboxylic acids is 1. The normalized spacial score (nSPS) is 11.1. The molecule has 0 aliphatic heterocycles. The molecule has 5 heteroatoms. The third kappa shape index (κ3) is 5.07. The smallest absolute Gasteiger partial charge is 0.343 e. The lowest BCUT2D eigenvalue weighted by Gasteiger charge is -2.09. The number of carbonyl (C=O) groups excluding carboxylic acids is 1. The van der Waals surface area contributed by atoms with Gasteiger partial charge in [0.05, 0.1) is 11.1 Å². The Morgan fingerprint density at radius 2 is 1.80 bits per heavy atom. The van der Waals surface area contributed by atoms with Crippen LogP contribution in [0.2, 0.25) is 0 Å². The summed E-state index contributed by atoms with van der Waals surface area (Å²) in [4.78, 5) is 23.2. The van der Waals surface area contributed by atoms with E-state index in [2.05, 4.69) is 0 Å². The lowest BCUT2D eigenvalue weighted by molar-refractivity contribution is 0.0696. The molecule has 0 spiro atoms. The number of aromatic carboxylic acids is 1. The van der Waals surface area contributed by atoms with Crippen molar-refractivity contribution in [2.45, 2.75) is 13.3 Å². The lowest BCUT2D eigenvalue weighted by Crippen LogP contribution is -2.11. The van der Waals surface area contributed by atoms with Crippen molar-refractivity contribution in [1.82, 2.24) is 0 Å². The molecule has 5 nitrogen and oxygen atoms in total. The molecule has 0 atom stereocenters. The molecule has 0 fully saturated rings. The maximum absolute atomic E-state index is 12.4. The minimum Gasteiger partial charge on any atom is -0.508 e. The first kappa shape index (κ1) is 18.0. The summed E-state index contributed by atoms with van der Waals surface area (Å²) in [5.41, 5.74) is 1.08. The van der Waals surface area contributed by atoms with Crippen LogP contribution >= 0.6 is 0 Å². The van der Waals surface area contributed by atoms with Gasteiger partial charge in [0.15, 0.2) is 0 Å². The van der Waals surface area contributed by atoms with Gasteiger partial charge in [0.2, 0.25) is 0 Å². The number of phenolic OH excluding ortho intramolecular Hbond substituents is 1. The molecule has 25 heavy (non-hydrogen) atoms. The molecular formula is C20H18O5. The number of allylic oxidation sites excluding steroid dienone is 4. The maximum Gasteiger partial charge on any atom is 0.343 e. The van der Waals surface area contributed by atoms with E-state index in [1.54, 1.807) is 0 Å². The van der Waals surface area contributed by atoms with Crippen LogP contribution in [0.25, 0.3) is 0 Å². The summed E-state index contributed by atoms with van der Waals surface area (Å²) < 4.78 is 5.29. The number of phenols is 1. The second-order valence-corrected chi connectivity index (χ2v) is 5.22.